The number of aryl methyl sites for hydroxylation is 1. The van der Waals surface area contributed by atoms with Crippen molar-refractivity contribution in [2.45, 2.75) is 18.9 Å². The van der Waals surface area contributed by atoms with E-state index in [2.05, 4.69) is 15.7 Å². The maximum absolute atomic E-state index is 11.6. The van der Waals surface area contributed by atoms with Gasteiger partial charge < -0.3 is 10.6 Å². The number of hydrogen-bond acceptors (Lipinski definition) is 4. The number of amides is 2. The fourth-order valence-corrected chi connectivity index (χ4v) is 3.74. The number of carbonyl (C=O) groups is 1. The van der Waals surface area contributed by atoms with Gasteiger partial charge in [0.1, 0.15) is 0 Å². The molecule has 1 unspecified atom stereocenters. The van der Waals surface area contributed by atoms with Crippen molar-refractivity contribution in [3.05, 3.63) is 18.0 Å². The van der Waals surface area contributed by atoms with Crippen molar-refractivity contribution in [3.63, 3.8) is 0 Å². The molecule has 2 amide bonds. The molecule has 0 aromatic carbocycles. The Labute approximate surface area is 112 Å². The van der Waals surface area contributed by atoms with Crippen LogP contribution in [0.4, 0.5) is 4.79 Å². The van der Waals surface area contributed by atoms with Crippen molar-refractivity contribution in [3.8, 4) is 0 Å². The van der Waals surface area contributed by atoms with Gasteiger partial charge in [-0.3, -0.25) is 4.68 Å². The predicted octanol–water partition coefficient (Wildman–Crippen LogP) is -0.551. The van der Waals surface area contributed by atoms with E-state index in [4.69, 9.17) is 0 Å². The van der Waals surface area contributed by atoms with Crippen LogP contribution >= 0.6 is 0 Å². The molecule has 1 atom stereocenters. The van der Waals surface area contributed by atoms with Crippen LogP contribution in [-0.2, 0) is 23.3 Å². The molecule has 0 bridgehead atoms. The Morgan fingerprint density at radius 3 is 2.95 bits per heavy atom. The first kappa shape index (κ1) is 13.9. The van der Waals surface area contributed by atoms with E-state index in [-0.39, 0.29) is 23.6 Å². The molecule has 0 aliphatic carbocycles. The average Bonchev–Trinajstić information content (AvgIpc) is 2.85. The molecule has 0 radical (unpaired) electrons. The van der Waals surface area contributed by atoms with Crippen molar-refractivity contribution in [2.24, 2.45) is 7.05 Å². The molecule has 2 rings (SSSR count). The zero-order chi connectivity index (χ0) is 13.9. The molecule has 1 aromatic rings. The number of urea groups is 1. The fraction of sp³-hybridized carbons (Fsp3) is 0.636. The van der Waals surface area contributed by atoms with E-state index in [1.165, 1.54) is 0 Å². The highest BCUT2D eigenvalue weighted by molar-refractivity contribution is 7.91. The van der Waals surface area contributed by atoms with Gasteiger partial charge in [0.05, 0.1) is 17.7 Å². The van der Waals surface area contributed by atoms with Crippen molar-refractivity contribution in [1.82, 2.24) is 20.4 Å². The number of carbonyl (C=O) groups excluding carboxylic acids is 1. The number of rotatable bonds is 4. The van der Waals surface area contributed by atoms with E-state index >= 15 is 0 Å². The summed E-state index contributed by atoms with van der Waals surface area (Å²) in [7, 11) is -1.12. The number of nitrogens with one attached hydrogen (secondary N) is 2. The van der Waals surface area contributed by atoms with E-state index in [9.17, 15) is 13.2 Å². The van der Waals surface area contributed by atoms with Gasteiger partial charge in [-0.1, -0.05) is 0 Å². The lowest BCUT2D eigenvalue weighted by Gasteiger charge is -2.11. The quantitative estimate of drug-likeness (QED) is 0.776. The minimum atomic E-state index is -2.96. The summed E-state index contributed by atoms with van der Waals surface area (Å²) in [4.78, 5) is 11.6. The van der Waals surface area contributed by atoms with Crippen molar-refractivity contribution in [2.75, 3.05) is 18.1 Å². The lowest BCUT2D eigenvalue weighted by Crippen LogP contribution is -2.43. The molecule has 0 spiro atoms. The minimum Gasteiger partial charge on any atom is -0.338 e. The number of hydrogen-bond donors (Lipinski definition) is 2. The highest BCUT2D eigenvalue weighted by Gasteiger charge is 2.28. The Kier molecular flexibility index (Phi) is 4.08. The maximum Gasteiger partial charge on any atom is 0.315 e. The number of aromatic nitrogens is 2. The Hall–Kier alpha value is -1.57. The van der Waals surface area contributed by atoms with Crippen molar-refractivity contribution in [1.29, 1.82) is 0 Å². The van der Waals surface area contributed by atoms with Crippen LogP contribution in [0.2, 0.25) is 0 Å². The third kappa shape index (κ3) is 4.23. The standard InChI is InChI=1S/C11H18N4O3S/c1-15-7-9(6-13-15)2-4-12-11(16)14-10-3-5-19(17,18)8-10/h6-7,10H,2-5,8H2,1H3,(H2,12,14,16). The molecule has 1 saturated heterocycles. The van der Waals surface area contributed by atoms with Gasteiger partial charge in [0.2, 0.25) is 0 Å². The molecule has 8 heteroatoms. The number of nitrogens with zero attached hydrogens (tertiary/aromatic N) is 2. The summed E-state index contributed by atoms with van der Waals surface area (Å²) >= 11 is 0. The number of sulfone groups is 1. The summed E-state index contributed by atoms with van der Waals surface area (Å²) in [5.41, 5.74) is 1.05. The minimum absolute atomic E-state index is 0.0447. The molecule has 1 aliphatic heterocycles. The van der Waals surface area contributed by atoms with E-state index < -0.39 is 9.84 Å². The summed E-state index contributed by atoms with van der Waals surface area (Å²) in [5.74, 6) is 0.205. The topological polar surface area (TPSA) is 93.1 Å². The summed E-state index contributed by atoms with van der Waals surface area (Å²) in [5, 5.41) is 9.42. The van der Waals surface area contributed by atoms with Gasteiger partial charge in [0.15, 0.2) is 9.84 Å². The summed E-state index contributed by atoms with van der Waals surface area (Å²) in [6.07, 6.45) is 4.84. The molecule has 1 aromatic heterocycles. The van der Waals surface area contributed by atoms with Gasteiger partial charge >= 0.3 is 6.03 Å². The van der Waals surface area contributed by atoms with E-state index in [1.807, 2.05) is 13.2 Å². The Morgan fingerprint density at radius 1 is 1.58 bits per heavy atom. The molecular formula is C11H18N4O3S. The second-order valence-electron chi connectivity index (χ2n) is 4.77. The first-order valence-electron chi connectivity index (χ1n) is 6.17. The average molecular weight is 286 g/mol. The lowest BCUT2D eigenvalue weighted by atomic mass is 10.2. The monoisotopic (exact) mass is 286 g/mol. The summed E-state index contributed by atoms with van der Waals surface area (Å²) < 4.78 is 24.2. The van der Waals surface area contributed by atoms with Gasteiger partial charge in [0.25, 0.3) is 0 Å². The maximum atomic E-state index is 11.6. The first-order chi connectivity index (χ1) is 8.94. The second kappa shape index (κ2) is 5.60. The van der Waals surface area contributed by atoms with Crippen molar-refractivity contribution < 1.29 is 13.2 Å². The lowest BCUT2D eigenvalue weighted by molar-refractivity contribution is 0.238. The van der Waals surface area contributed by atoms with Crippen LogP contribution in [0, 0.1) is 0 Å². The zero-order valence-electron chi connectivity index (χ0n) is 10.8. The molecular weight excluding hydrogens is 268 g/mol. The summed E-state index contributed by atoms with van der Waals surface area (Å²) in [6, 6.07) is -0.575. The van der Waals surface area contributed by atoms with Gasteiger partial charge in [-0.05, 0) is 18.4 Å². The van der Waals surface area contributed by atoms with Crippen LogP contribution < -0.4 is 10.6 Å². The van der Waals surface area contributed by atoms with Crippen LogP contribution in [0.25, 0.3) is 0 Å². The highest BCUT2D eigenvalue weighted by atomic mass is 32.2. The third-order valence-electron chi connectivity index (χ3n) is 3.03. The predicted molar refractivity (Wildman–Crippen MR) is 70.5 cm³/mol. The van der Waals surface area contributed by atoms with Crippen LogP contribution in [-0.4, -0.2) is 48.3 Å². The molecule has 19 heavy (non-hydrogen) atoms. The Balaban J connectivity index is 1.68. The largest absolute Gasteiger partial charge is 0.338 e. The van der Waals surface area contributed by atoms with Crippen LogP contribution in [0.15, 0.2) is 12.4 Å². The zero-order valence-corrected chi connectivity index (χ0v) is 11.6. The summed E-state index contributed by atoms with van der Waals surface area (Å²) in [6.45, 7) is 0.497. The normalized spacial score (nSPS) is 21.2. The van der Waals surface area contributed by atoms with Gasteiger partial charge in [-0.15, -0.1) is 0 Å². The molecule has 2 N–H and O–H groups in total. The van der Waals surface area contributed by atoms with E-state index in [0.717, 1.165) is 5.56 Å². The smallest absolute Gasteiger partial charge is 0.315 e. The molecule has 7 nitrogen and oxygen atoms in total. The molecule has 1 fully saturated rings. The van der Waals surface area contributed by atoms with Gasteiger partial charge in [0, 0.05) is 25.8 Å². The van der Waals surface area contributed by atoms with E-state index in [0.29, 0.717) is 19.4 Å². The fourth-order valence-electron chi connectivity index (χ4n) is 2.07. The highest BCUT2D eigenvalue weighted by Crippen LogP contribution is 2.10. The van der Waals surface area contributed by atoms with Crippen molar-refractivity contribution >= 4 is 15.9 Å². The van der Waals surface area contributed by atoms with Gasteiger partial charge in [-0.25, -0.2) is 13.2 Å². The first-order valence-corrected chi connectivity index (χ1v) is 7.99. The third-order valence-corrected chi connectivity index (χ3v) is 4.79. The molecule has 1 aliphatic rings. The van der Waals surface area contributed by atoms with Crippen LogP contribution in [0.5, 0.6) is 0 Å². The van der Waals surface area contributed by atoms with E-state index in [1.54, 1.807) is 10.9 Å². The Morgan fingerprint density at radius 2 is 2.37 bits per heavy atom. The molecule has 2 heterocycles. The SMILES string of the molecule is Cn1cc(CCNC(=O)NC2CCS(=O)(=O)C2)cn1. The molecule has 106 valence electrons. The second-order valence-corrected chi connectivity index (χ2v) is 7.00. The van der Waals surface area contributed by atoms with Crippen LogP contribution in [0.3, 0.4) is 0 Å². The van der Waals surface area contributed by atoms with Gasteiger partial charge in [-0.2, -0.15) is 5.10 Å². The molecule has 0 saturated carbocycles. The van der Waals surface area contributed by atoms with Crippen LogP contribution in [0.1, 0.15) is 12.0 Å². The Bertz CT molecular complexity index is 552.